The van der Waals surface area contributed by atoms with E-state index in [9.17, 15) is 0 Å². The Morgan fingerprint density at radius 3 is 2.93 bits per heavy atom. The van der Waals surface area contributed by atoms with E-state index in [1.54, 1.807) is 7.11 Å². The van der Waals surface area contributed by atoms with Crippen molar-refractivity contribution in [3.63, 3.8) is 0 Å². The van der Waals surface area contributed by atoms with E-state index in [1.807, 2.05) is 0 Å². The Labute approximate surface area is 93.5 Å². The molecule has 1 rings (SSSR count). The van der Waals surface area contributed by atoms with Crippen LogP contribution in [-0.4, -0.2) is 38.0 Å². The lowest BCUT2D eigenvalue weighted by atomic mass is 9.88. The lowest BCUT2D eigenvalue weighted by Gasteiger charge is -2.41. The normalized spacial score (nSPS) is 34.0. The fourth-order valence-electron chi connectivity index (χ4n) is 2.14. The van der Waals surface area contributed by atoms with E-state index in [1.165, 1.54) is 6.42 Å². The molecule has 0 amide bonds. The molecule has 0 aromatic heterocycles. The first kappa shape index (κ1) is 12.9. The molecule has 0 spiro atoms. The van der Waals surface area contributed by atoms with Gasteiger partial charge in [0, 0.05) is 19.8 Å². The van der Waals surface area contributed by atoms with Crippen molar-refractivity contribution >= 4 is 0 Å². The Morgan fingerprint density at radius 2 is 2.33 bits per heavy atom. The van der Waals surface area contributed by atoms with Crippen LogP contribution in [0.5, 0.6) is 0 Å². The molecule has 0 aromatic rings. The molecular formula is C12H25NO2. The molecule has 1 saturated heterocycles. The van der Waals surface area contributed by atoms with Crippen LogP contribution in [0.15, 0.2) is 0 Å². The van der Waals surface area contributed by atoms with E-state index in [0.29, 0.717) is 6.04 Å². The van der Waals surface area contributed by atoms with E-state index in [2.05, 4.69) is 26.1 Å². The van der Waals surface area contributed by atoms with Crippen molar-refractivity contribution in [1.82, 2.24) is 5.32 Å². The van der Waals surface area contributed by atoms with Gasteiger partial charge < -0.3 is 14.8 Å². The first-order chi connectivity index (χ1) is 7.12. The molecule has 90 valence electrons. The van der Waals surface area contributed by atoms with Crippen molar-refractivity contribution in [2.45, 2.75) is 57.8 Å². The van der Waals surface area contributed by atoms with Crippen molar-refractivity contribution in [3.05, 3.63) is 0 Å². The maximum Gasteiger partial charge on any atom is 0.0926 e. The van der Waals surface area contributed by atoms with Gasteiger partial charge in [-0.25, -0.2) is 0 Å². The van der Waals surface area contributed by atoms with Crippen LogP contribution in [0.4, 0.5) is 0 Å². The van der Waals surface area contributed by atoms with Gasteiger partial charge in [0.25, 0.3) is 0 Å². The molecule has 0 aromatic carbocycles. The van der Waals surface area contributed by atoms with Gasteiger partial charge in [0.05, 0.1) is 11.7 Å². The molecule has 1 fully saturated rings. The number of hydrogen-bond donors (Lipinski definition) is 1. The van der Waals surface area contributed by atoms with Gasteiger partial charge in [-0.3, -0.25) is 0 Å². The predicted octanol–water partition coefficient (Wildman–Crippen LogP) is 1.96. The lowest BCUT2D eigenvalue weighted by Crippen LogP contribution is -2.51. The van der Waals surface area contributed by atoms with Crippen LogP contribution in [-0.2, 0) is 9.47 Å². The second kappa shape index (κ2) is 5.83. The maximum absolute atomic E-state index is 5.86. The summed E-state index contributed by atoms with van der Waals surface area (Å²) in [5.41, 5.74) is -0.127. The summed E-state index contributed by atoms with van der Waals surface area (Å²) in [6.45, 7) is 8.38. The molecule has 3 heteroatoms. The molecule has 3 nitrogen and oxygen atoms in total. The monoisotopic (exact) mass is 215 g/mol. The topological polar surface area (TPSA) is 30.5 Å². The number of methoxy groups -OCH3 is 1. The molecule has 15 heavy (non-hydrogen) atoms. The van der Waals surface area contributed by atoms with Gasteiger partial charge in [0.1, 0.15) is 0 Å². The largest absolute Gasteiger partial charge is 0.379 e. The number of rotatable bonds is 5. The summed E-state index contributed by atoms with van der Waals surface area (Å²) < 4.78 is 11.3. The molecular weight excluding hydrogens is 190 g/mol. The highest BCUT2D eigenvalue weighted by atomic mass is 16.5. The maximum atomic E-state index is 5.86. The Balaban J connectivity index is 2.46. The highest BCUT2D eigenvalue weighted by Crippen LogP contribution is 2.29. The summed E-state index contributed by atoms with van der Waals surface area (Å²) in [7, 11) is 1.75. The Kier molecular flexibility index (Phi) is 5.03. The van der Waals surface area contributed by atoms with Gasteiger partial charge in [-0.2, -0.15) is 0 Å². The average Bonchev–Trinajstić information content (AvgIpc) is 2.25. The van der Waals surface area contributed by atoms with Crippen LogP contribution in [0.2, 0.25) is 0 Å². The van der Waals surface area contributed by atoms with Gasteiger partial charge >= 0.3 is 0 Å². The Hall–Kier alpha value is -0.120. The van der Waals surface area contributed by atoms with Crippen molar-refractivity contribution in [3.8, 4) is 0 Å². The van der Waals surface area contributed by atoms with Gasteiger partial charge in [0.2, 0.25) is 0 Å². The summed E-state index contributed by atoms with van der Waals surface area (Å²) in [6, 6.07) is 0.585. The number of nitrogens with one attached hydrogen (secondary N) is 1. The molecule has 1 heterocycles. The van der Waals surface area contributed by atoms with Crippen LogP contribution < -0.4 is 5.32 Å². The zero-order valence-electron chi connectivity index (χ0n) is 10.5. The van der Waals surface area contributed by atoms with Gasteiger partial charge in [-0.15, -0.1) is 0 Å². The Bertz CT molecular complexity index is 186. The molecule has 1 aliphatic heterocycles. The minimum absolute atomic E-state index is 0.127. The minimum atomic E-state index is -0.127. The van der Waals surface area contributed by atoms with Crippen LogP contribution in [0.25, 0.3) is 0 Å². The zero-order chi connectivity index (χ0) is 11.3. The minimum Gasteiger partial charge on any atom is -0.379 e. The molecule has 0 saturated carbocycles. The molecule has 1 aliphatic rings. The third kappa shape index (κ3) is 3.44. The van der Waals surface area contributed by atoms with Gasteiger partial charge in [-0.1, -0.05) is 6.92 Å². The van der Waals surface area contributed by atoms with Crippen LogP contribution in [0.3, 0.4) is 0 Å². The van der Waals surface area contributed by atoms with Crippen LogP contribution in [0.1, 0.15) is 40.0 Å². The second-order valence-electron chi connectivity index (χ2n) is 4.68. The summed E-state index contributed by atoms with van der Waals surface area (Å²) in [5, 5.41) is 3.57. The fraction of sp³-hybridized carbons (Fsp3) is 1.00. The van der Waals surface area contributed by atoms with E-state index < -0.39 is 0 Å². The van der Waals surface area contributed by atoms with Crippen molar-refractivity contribution in [2.75, 3.05) is 20.3 Å². The fourth-order valence-corrected chi connectivity index (χ4v) is 2.14. The summed E-state index contributed by atoms with van der Waals surface area (Å²) >= 11 is 0. The van der Waals surface area contributed by atoms with E-state index in [0.717, 1.165) is 26.0 Å². The first-order valence-corrected chi connectivity index (χ1v) is 6.02. The third-order valence-corrected chi connectivity index (χ3v) is 3.45. The first-order valence-electron chi connectivity index (χ1n) is 6.02. The van der Waals surface area contributed by atoms with Crippen LogP contribution >= 0.6 is 0 Å². The summed E-state index contributed by atoms with van der Waals surface area (Å²) in [4.78, 5) is 0. The average molecular weight is 215 g/mol. The van der Waals surface area contributed by atoms with Crippen molar-refractivity contribution in [2.24, 2.45) is 0 Å². The molecule has 0 bridgehead atoms. The number of hydrogen-bond acceptors (Lipinski definition) is 3. The van der Waals surface area contributed by atoms with Crippen LogP contribution in [0, 0.1) is 0 Å². The lowest BCUT2D eigenvalue weighted by molar-refractivity contribution is -0.147. The predicted molar refractivity (Wildman–Crippen MR) is 62.1 cm³/mol. The van der Waals surface area contributed by atoms with E-state index >= 15 is 0 Å². The molecule has 3 atom stereocenters. The quantitative estimate of drug-likeness (QED) is 0.760. The third-order valence-electron chi connectivity index (χ3n) is 3.45. The van der Waals surface area contributed by atoms with Crippen molar-refractivity contribution < 1.29 is 9.47 Å². The standard InChI is InChI=1S/C12H25NO2/c1-5-7-13-11-6-8-15-12(3,9-11)10(2)14-4/h10-11,13H,5-9H2,1-4H3. The SMILES string of the molecule is CCCNC1CCOC(C)(C(C)OC)C1. The highest BCUT2D eigenvalue weighted by Gasteiger charge is 2.38. The van der Waals surface area contributed by atoms with Crippen molar-refractivity contribution in [1.29, 1.82) is 0 Å². The summed E-state index contributed by atoms with van der Waals surface area (Å²) in [6.07, 6.45) is 3.51. The van der Waals surface area contributed by atoms with Gasteiger partial charge in [-0.05, 0) is 39.7 Å². The Morgan fingerprint density at radius 1 is 1.60 bits per heavy atom. The molecule has 0 aliphatic carbocycles. The van der Waals surface area contributed by atoms with E-state index in [4.69, 9.17) is 9.47 Å². The summed E-state index contributed by atoms with van der Waals surface area (Å²) in [5.74, 6) is 0. The van der Waals surface area contributed by atoms with E-state index in [-0.39, 0.29) is 11.7 Å². The number of ether oxygens (including phenoxy) is 2. The highest BCUT2D eigenvalue weighted by molar-refractivity contribution is 4.90. The second-order valence-corrected chi connectivity index (χ2v) is 4.68. The molecule has 3 unspecified atom stereocenters. The zero-order valence-corrected chi connectivity index (χ0v) is 10.5. The van der Waals surface area contributed by atoms with Gasteiger partial charge in [0.15, 0.2) is 0 Å². The smallest absolute Gasteiger partial charge is 0.0926 e. The molecule has 0 radical (unpaired) electrons. The molecule has 1 N–H and O–H groups in total.